The van der Waals surface area contributed by atoms with E-state index >= 15 is 0 Å². The van der Waals surface area contributed by atoms with Crippen LogP contribution in [0.25, 0.3) is 11.1 Å². The predicted molar refractivity (Wildman–Crippen MR) is 112 cm³/mol. The molecule has 1 fully saturated rings. The van der Waals surface area contributed by atoms with E-state index in [0.29, 0.717) is 30.3 Å². The first kappa shape index (κ1) is 20.1. The molecule has 4 rings (SSSR count). The number of benzene rings is 2. The number of ether oxygens (including phenoxy) is 3. The number of fused-ring (bicyclic) bond motifs is 1. The zero-order valence-corrected chi connectivity index (χ0v) is 17.5. The van der Waals surface area contributed by atoms with Gasteiger partial charge in [0.25, 0.3) is 0 Å². The maximum atomic E-state index is 12.9. The molecule has 1 aromatic heterocycles. The summed E-state index contributed by atoms with van der Waals surface area (Å²) >= 11 is 0. The van der Waals surface area contributed by atoms with E-state index in [1.165, 1.54) is 0 Å². The van der Waals surface area contributed by atoms with Crippen LogP contribution in [0.15, 0.2) is 40.8 Å². The molecule has 0 bridgehead atoms. The minimum atomic E-state index is 0.0836. The molecule has 2 heterocycles. The quantitative estimate of drug-likeness (QED) is 0.615. The van der Waals surface area contributed by atoms with E-state index in [1.807, 2.05) is 41.3 Å². The largest absolute Gasteiger partial charge is 0.493 e. The summed E-state index contributed by atoms with van der Waals surface area (Å²) in [7, 11) is 4.70. The van der Waals surface area contributed by atoms with Crippen molar-refractivity contribution in [1.82, 2.24) is 9.88 Å². The van der Waals surface area contributed by atoms with Crippen molar-refractivity contribution in [1.29, 1.82) is 0 Å². The highest BCUT2D eigenvalue weighted by atomic mass is 16.5. The molecule has 1 saturated heterocycles. The zero-order valence-electron chi connectivity index (χ0n) is 17.5. The van der Waals surface area contributed by atoms with Crippen LogP contribution in [0.1, 0.15) is 30.2 Å². The van der Waals surface area contributed by atoms with Crippen molar-refractivity contribution >= 4 is 17.0 Å². The molecule has 7 nitrogen and oxygen atoms in total. The summed E-state index contributed by atoms with van der Waals surface area (Å²) in [6, 6.07) is 11.4. The van der Waals surface area contributed by atoms with Crippen molar-refractivity contribution in [3.63, 3.8) is 0 Å². The summed E-state index contributed by atoms with van der Waals surface area (Å²) in [5.41, 5.74) is 2.53. The molecule has 158 valence electrons. The normalized spacial score (nSPS) is 14.7. The van der Waals surface area contributed by atoms with Crippen LogP contribution in [0.3, 0.4) is 0 Å². The van der Waals surface area contributed by atoms with Gasteiger partial charge < -0.3 is 23.5 Å². The Bertz CT molecular complexity index is 979. The molecular formula is C23H26N2O5. The van der Waals surface area contributed by atoms with Crippen LogP contribution in [0.5, 0.6) is 17.2 Å². The molecule has 1 amide bonds. The van der Waals surface area contributed by atoms with Crippen molar-refractivity contribution < 1.29 is 23.4 Å². The minimum absolute atomic E-state index is 0.0836. The van der Waals surface area contributed by atoms with Gasteiger partial charge in [0.15, 0.2) is 23.0 Å². The summed E-state index contributed by atoms with van der Waals surface area (Å²) in [5, 5.41) is 0. The summed E-state index contributed by atoms with van der Waals surface area (Å²) in [6.45, 7) is 1.37. The Balaban J connectivity index is 1.41. The number of rotatable bonds is 6. The number of hydrogen-bond acceptors (Lipinski definition) is 6. The van der Waals surface area contributed by atoms with Gasteiger partial charge >= 0.3 is 0 Å². The molecule has 1 aliphatic heterocycles. The van der Waals surface area contributed by atoms with Gasteiger partial charge in [0.2, 0.25) is 11.7 Å². The second-order valence-electron chi connectivity index (χ2n) is 7.39. The summed E-state index contributed by atoms with van der Waals surface area (Å²) in [5.74, 6) is 2.72. The monoisotopic (exact) mass is 410 g/mol. The van der Waals surface area contributed by atoms with Gasteiger partial charge in [0.1, 0.15) is 5.52 Å². The first-order chi connectivity index (χ1) is 14.6. The van der Waals surface area contributed by atoms with Crippen LogP contribution in [-0.2, 0) is 11.2 Å². The Kier molecular flexibility index (Phi) is 5.79. The number of nitrogens with zero attached hydrogens (tertiary/aromatic N) is 2. The van der Waals surface area contributed by atoms with Crippen molar-refractivity contribution in [3.05, 3.63) is 47.9 Å². The van der Waals surface area contributed by atoms with Gasteiger partial charge in [-0.15, -0.1) is 0 Å². The number of para-hydroxylation sites is 2. The molecule has 0 radical (unpaired) electrons. The molecule has 1 aliphatic rings. The fourth-order valence-electron chi connectivity index (χ4n) is 3.96. The zero-order chi connectivity index (χ0) is 21.1. The first-order valence-electron chi connectivity index (χ1n) is 10.0. The maximum Gasteiger partial charge on any atom is 0.226 e. The van der Waals surface area contributed by atoms with Gasteiger partial charge in [-0.2, -0.15) is 0 Å². The molecule has 3 aromatic rings. The second-order valence-corrected chi connectivity index (χ2v) is 7.39. The summed E-state index contributed by atoms with van der Waals surface area (Å²) in [4.78, 5) is 19.4. The number of aromatic nitrogens is 1. The molecule has 30 heavy (non-hydrogen) atoms. The standard InChI is InChI=1S/C23H26N2O5/c1-27-19-12-15(13-20(28-2)22(19)29-3)14-21(26)25-10-8-16(9-11-25)23-24-17-6-4-5-7-18(17)30-23/h4-7,12-13,16H,8-11,14H2,1-3H3. The van der Waals surface area contributed by atoms with Crippen LogP contribution < -0.4 is 14.2 Å². The molecule has 2 aromatic carbocycles. The smallest absolute Gasteiger partial charge is 0.226 e. The van der Waals surface area contributed by atoms with Crippen LogP contribution >= 0.6 is 0 Å². The Morgan fingerprint density at radius 3 is 2.33 bits per heavy atom. The Morgan fingerprint density at radius 1 is 1.07 bits per heavy atom. The van der Waals surface area contributed by atoms with Crippen molar-refractivity contribution in [3.8, 4) is 17.2 Å². The first-order valence-corrected chi connectivity index (χ1v) is 10.0. The fourth-order valence-corrected chi connectivity index (χ4v) is 3.96. The van der Waals surface area contributed by atoms with Crippen LogP contribution in [0, 0.1) is 0 Å². The van der Waals surface area contributed by atoms with Crippen molar-refractivity contribution in [2.45, 2.75) is 25.2 Å². The summed E-state index contributed by atoms with van der Waals surface area (Å²) in [6.07, 6.45) is 1.96. The third kappa shape index (κ3) is 3.92. The Hall–Kier alpha value is -3.22. The number of likely N-dealkylation sites (tertiary alicyclic amines) is 1. The van der Waals surface area contributed by atoms with E-state index in [2.05, 4.69) is 4.98 Å². The minimum Gasteiger partial charge on any atom is -0.493 e. The average Bonchev–Trinajstić information content (AvgIpc) is 3.22. The van der Waals surface area contributed by atoms with Gasteiger partial charge in [0.05, 0.1) is 27.8 Å². The molecule has 0 N–H and O–H groups in total. The van der Waals surface area contributed by atoms with Gasteiger partial charge in [0, 0.05) is 19.0 Å². The number of amides is 1. The van der Waals surface area contributed by atoms with E-state index in [0.717, 1.165) is 35.4 Å². The van der Waals surface area contributed by atoms with Crippen LogP contribution in [0.2, 0.25) is 0 Å². The van der Waals surface area contributed by atoms with E-state index < -0.39 is 0 Å². The van der Waals surface area contributed by atoms with Gasteiger partial charge in [-0.1, -0.05) is 12.1 Å². The lowest BCUT2D eigenvalue weighted by molar-refractivity contribution is -0.131. The average molecular weight is 410 g/mol. The highest BCUT2D eigenvalue weighted by Gasteiger charge is 2.27. The third-order valence-corrected chi connectivity index (χ3v) is 5.59. The molecule has 7 heteroatoms. The third-order valence-electron chi connectivity index (χ3n) is 5.59. The van der Waals surface area contributed by atoms with E-state index in [9.17, 15) is 4.79 Å². The number of methoxy groups -OCH3 is 3. The highest BCUT2D eigenvalue weighted by Crippen LogP contribution is 2.38. The lowest BCUT2D eigenvalue weighted by Crippen LogP contribution is -2.38. The number of carbonyl (C=O) groups excluding carboxylic acids is 1. The fraction of sp³-hybridized carbons (Fsp3) is 0.391. The molecule has 0 atom stereocenters. The van der Waals surface area contributed by atoms with Crippen molar-refractivity contribution in [2.75, 3.05) is 34.4 Å². The number of hydrogen-bond donors (Lipinski definition) is 0. The summed E-state index contributed by atoms with van der Waals surface area (Å²) < 4.78 is 22.0. The Morgan fingerprint density at radius 2 is 1.73 bits per heavy atom. The Labute approximate surface area is 175 Å². The second kappa shape index (κ2) is 8.65. The van der Waals surface area contributed by atoms with Gasteiger partial charge in [-0.25, -0.2) is 4.98 Å². The van der Waals surface area contributed by atoms with E-state index in [4.69, 9.17) is 18.6 Å². The molecular weight excluding hydrogens is 384 g/mol. The highest BCUT2D eigenvalue weighted by molar-refractivity contribution is 5.79. The lowest BCUT2D eigenvalue weighted by Gasteiger charge is -2.30. The molecule has 0 spiro atoms. The van der Waals surface area contributed by atoms with Gasteiger partial charge in [-0.05, 0) is 42.7 Å². The number of oxazole rings is 1. The van der Waals surface area contributed by atoms with Gasteiger partial charge in [-0.3, -0.25) is 4.79 Å². The predicted octanol–water partition coefficient (Wildman–Crippen LogP) is 3.80. The van der Waals surface area contributed by atoms with E-state index in [1.54, 1.807) is 21.3 Å². The number of carbonyl (C=O) groups is 1. The molecule has 0 aliphatic carbocycles. The lowest BCUT2D eigenvalue weighted by atomic mass is 9.96. The maximum absolute atomic E-state index is 12.9. The topological polar surface area (TPSA) is 74.0 Å². The number of piperidine rings is 1. The van der Waals surface area contributed by atoms with E-state index in [-0.39, 0.29) is 18.2 Å². The van der Waals surface area contributed by atoms with Crippen molar-refractivity contribution in [2.24, 2.45) is 0 Å². The van der Waals surface area contributed by atoms with Crippen LogP contribution in [0.4, 0.5) is 0 Å². The van der Waals surface area contributed by atoms with Crippen LogP contribution in [-0.4, -0.2) is 50.2 Å². The molecule has 0 unspecified atom stereocenters. The molecule has 0 saturated carbocycles. The SMILES string of the molecule is COc1cc(CC(=O)N2CCC(c3nc4ccccc4o3)CC2)cc(OC)c1OC.